The van der Waals surface area contributed by atoms with E-state index >= 15 is 0 Å². The Kier molecular flexibility index (Phi) is 4.86. The van der Waals surface area contributed by atoms with Crippen LogP contribution < -0.4 is 9.47 Å². The van der Waals surface area contributed by atoms with Crippen LogP contribution in [0, 0.1) is 6.92 Å². The van der Waals surface area contributed by atoms with Gasteiger partial charge in [0.15, 0.2) is 17.3 Å². The number of carbonyl (C=O) groups excluding carboxylic acids is 1. The molecule has 0 amide bonds. The molecule has 0 bridgehead atoms. The maximum Gasteiger partial charge on any atom is 0.167 e. The van der Waals surface area contributed by atoms with Crippen molar-refractivity contribution in [3.05, 3.63) is 58.1 Å². The van der Waals surface area contributed by atoms with E-state index in [1.165, 1.54) is 0 Å². The van der Waals surface area contributed by atoms with Crippen LogP contribution in [-0.2, 0) is 6.42 Å². The van der Waals surface area contributed by atoms with E-state index in [-0.39, 0.29) is 12.2 Å². The van der Waals surface area contributed by atoms with E-state index in [0.717, 1.165) is 11.1 Å². The van der Waals surface area contributed by atoms with Gasteiger partial charge in [0.05, 0.1) is 14.2 Å². The van der Waals surface area contributed by atoms with Crippen molar-refractivity contribution in [3.8, 4) is 11.5 Å². The lowest BCUT2D eigenvalue weighted by molar-refractivity contribution is 0.0992. The molecular weight excluding hydrogens is 288 g/mol. The fraction of sp³-hybridized carbons (Fsp3) is 0.235. The van der Waals surface area contributed by atoms with E-state index in [4.69, 9.17) is 21.1 Å². The quantitative estimate of drug-likeness (QED) is 0.780. The van der Waals surface area contributed by atoms with E-state index in [2.05, 4.69) is 0 Å². The van der Waals surface area contributed by atoms with Gasteiger partial charge in [0.25, 0.3) is 0 Å². The highest BCUT2D eigenvalue weighted by atomic mass is 35.5. The van der Waals surface area contributed by atoms with E-state index in [1.807, 2.05) is 25.1 Å². The zero-order valence-electron chi connectivity index (χ0n) is 12.3. The molecule has 0 N–H and O–H groups in total. The molecule has 21 heavy (non-hydrogen) atoms. The van der Waals surface area contributed by atoms with Crippen molar-refractivity contribution in [2.75, 3.05) is 14.2 Å². The molecule has 0 atom stereocenters. The normalized spacial score (nSPS) is 10.3. The number of carbonyl (C=O) groups is 1. The molecule has 0 aromatic heterocycles. The van der Waals surface area contributed by atoms with Crippen molar-refractivity contribution in [3.63, 3.8) is 0 Å². The number of halogens is 1. The molecule has 2 rings (SSSR count). The van der Waals surface area contributed by atoms with Gasteiger partial charge in [-0.05, 0) is 42.3 Å². The minimum absolute atomic E-state index is 0.0123. The molecule has 0 aliphatic heterocycles. The molecule has 110 valence electrons. The van der Waals surface area contributed by atoms with Crippen LogP contribution in [-0.4, -0.2) is 20.0 Å². The Morgan fingerprint density at radius 3 is 2.38 bits per heavy atom. The average Bonchev–Trinajstić information content (AvgIpc) is 2.49. The number of aryl methyl sites for hydroxylation is 1. The topological polar surface area (TPSA) is 35.5 Å². The Morgan fingerprint density at radius 1 is 1.05 bits per heavy atom. The molecule has 0 radical (unpaired) electrons. The maximum absolute atomic E-state index is 12.4. The first-order chi connectivity index (χ1) is 10.0. The molecule has 0 saturated heterocycles. The van der Waals surface area contributed by atoms with Crippen molar-refractivity contribution in [1.82, 2.24) is 0 Å². The predicted octanol–water partition coefficient (Wildman–Crippen LogP) is 4.09. The molecule has 3 nitrogen and oxygen atoms in total. The summed E-state index contributed by atoms with van der Waals surface area (Å²) in [5.74, 6) is 1.13. The fourth-order valence-corrected chi connectivity index (χ4v) is 2.38. The zero-order valence-corrected chi connectivity index (χ0v) is 13.0. The summed E-state index contributed by atoms with van der Waals surface area (Å²) in [5.41, 5.74) is 2.47. The number of ketones is 1. The number of methoxy groups -OCH3 is 2. The van der Waals surface area contributed by atoms with Gasteiger partial charge in [-0.2, -0.15) is 0 Å². The highest BCUT2D eigenvalue weighted by Gasteiger charge is 2.13. The number of Topliss-reactive ketones (excluding diaryl/α,β-unsaturated/α-hetero) is 1. The minimum atomic E-state index is -0.0123. The number of ether oxygens (including phenoxy) is 2. The molecule has 0 unspecified atom stereocenters. The van der Waals surface area contributed by atoms with Crippen LogP contribution in [0.15, 0.2) is 36.4 Å². The highest BCUT2D eigenvalue weighted by molar-refractivity contribution is 6.31. The van der Waals surface area contributed by atoms with Crippen molar-refractivity contribution in [1.29, 1.82) is 0 Å². The van der Waals surface area contributed by atoms with Crippen LogP contribution in [0.3, 0.4) is 0 Å². The third-order valence-corrected chi connectivity index (χ3v) is 3.62. The van der Waals surface area contributed by atoms with Gasteiger partial charge in [-0.3, -0.25) is 4.79 Å². The van der Waals surface area contributed by atoms with E-state index in [0.29, 0.717) is 22.1 Å². The first kappa shape index (κ1) is 15.4. The first-order valence-electron chi connectivity index (χ1n) is 6.55. The van der Waals surface area contributed by atoms with Gasteiger partial charge in [-0.25, -0.2) is 0 Å². The molecule has 2 aromatic rings. The number of hydrogen-bond donors (Lipinski definition) is 0. The van der Waals surface area contributed by atoms with Gasteiger partial charge in [0.1, 0.15) is 0 Å². The van der Waals surface area contributed by atoms with Crippen molar-refractivity contribution >= 4 is 17.4 Å². The Balaban J connectivity index is 2.24. The third-order valence-electron chi connectivity index (χ3n) is 3.27. The van der Waals surface area contributed by atoms with E-state index in [1.54, 1.807) is 32.4 Å². The summed E-state index contributed by atoms with van der Waals surface area (Å²) in [6.07, 6.45) is 0.259. The van der Waals surface area contributed by atoms with Gasteiger partial charge < -0.3 is 9.47 Å². The molecule has 2 aromatic carbocycles. The second kappa shape index (κ2) is 6.64. The highest BCUT2D eigenvalue weighted by Crippen LogP contribution is 2.28. The summed E-state index contributed by atoms with van der Waals surface area (Å²) >= 11 is 6.17. The van der Waals surface area contributed by atoms with E-state index < -0.39 is 0 Å². The van der Waals surface area contributed by atoms with Crippen LogP contribution in [0.5, 0.6) is 11.5 Å². The van der Waals surface area contributed by atoms with Crippen molar-refractivity contribution < 1.29 is 14.3 Å². The molecule has 4 heteroatoms. The molecule has 0 aliphatic rings. The van der Waals surface area contributed by atoms with Crippen LogP contribution in [0.4, 0.5) is 0 Å². The van der Waals surface area contributed by atoms with Gasteiger partial charge in [-0.15, -0.1) is 0 Å². The van der Waals surface area contributed by atoms with Gasteiger partial charge in [-0.1, -0.05) is 23.7 Å². The Bertz CT molecular complexity index is 665. The molecule has 0 spiro atoms. The molecular formula is C17H17ClO3. The van der Waals surface area contributed by atoms with Crippen LogP contribution in [0.2, 0.25) is 5.02 Å². The van der Waals surface area contributed by atoms with Crippen LogP contribution in [0.25, 0.3) is 0 Å². The second-order valence-electron chi connectivity index (χ2n) is 4.76. The smallest absolute Gasteiger partial charge is 0.167 e. The minimum Gasteiger partial charge on any atom is -0.493 e. The number of benzene rings is 2. The van der Waals surface area contributed by atoms with Gasteiger partial charge in [0, 0.05) is 17.0 Å². The molecule has 0 heterocycles. The van der Waals surface area contributed by atoms with Gasteiger partial charge in [0.2, 0.25) is 0 Å². The average molecular weight is 305 g/mol. The predicted molar refractivity (Wildman–Crippen MR) is 83.8 cm³/mol. The van der Waals surface area contributed by atoms with Crippen LogP contribution >= 0.6 is 11.6 Å². The largest absolute Gasteiger partial charge is 0.493 e. The number of rotatable bonds is 5. The standard InChI is InChI=1S/C17H17ClO3/c1-11-4-5-12(14(18)8-11)9-15(19)13-6-7-16(20-2)17(10-13)21-3/h4-8,10H,9H2,1-3H3. The SMILES string of the molecule is COc1ccc(C(=O)Cc2ccc(C)cc2Cl)cc1OC. The lowest BCUT2D eigenvalue weighted by Crippen LogP contribution is -2.05. The Morgan fingerprint density at radius 2 is 1.76 bits per heavy atom. The third kappa shape index (κ3) is 3.56. The lowest BCUT2D eigenvalue weighted by Gasteiger charge is -2.09. The second-order valence-corrected chi connectivity index (χ2v) is 5.17. The zero-order chi connectivity index (χ0) is 15.4. The van der Waals surface area contributed by atoms with Gasteiger partial charge >= 0.3 is 0 Å². The summed E-state index contributed by atoms with van der Waals surface area (Å²) in [7, 11) is 3.11. The van der Waals surface area contributed by atoms with Crippen molar-refractivity contribution in [2.24, 2.45) is 0 Å². The summed E-state index contributed by atoms with van der Waals surface area (Å²) in [4.78, 5) is 12.4. The number of hydrogen-bond acceptors (Lipinski definition) is 3. The molecule has 0 fully saturated rings. The lowest BCUT2D eigenvalue weighted by atomic mass is 10.0. The summed E-state index contributed by atoms with van der Waals surface area (Å²) in [6, 6.07) is 10.8. The van der Waals surface area contributed by atoms with E-state index in [9.17, 15) is 4.79 Å². The summed E-state index contributed by atoms with van der Waals surface area (Å²) in [6.45, 7) is 1.96. The Labute approximate surface area is 129 Å². The molecule has 0 aliphatic carbocycles. The first-order valence-corrected chi connectivity index (χ1v) is 6.93. The summed E-state index contributed by atoms with van der Waals surface area (Å²) < 4.78 is 10.4. The monoisotopic (exact) mass is 304 g/mol. The molecule has 0 saturated carbocycles. The summed E-state index contributed by atoms with van der Waals surface area (Å²) in [5, 5.41) is 0.615. The Hall–Kier alpha value is -2.00. The maximum atomic E-state index is 12.4. The van der Waals surface area contributed by atoms with Crippen molar-refractivity contribution in [2.45, 2.75) is 13.3 Å². The van der Waals surface area contributed by atoms with Crippen LogP contribution in [0.1, 0.15) is 21.5 Å². The fourth-order valence-electron chi connectivity index (χ4n) is 2.08.